The van der Waals surface area contributed by atoms with Crippen LogP contribution in [-0.2, 0) is 11.3 Å². The van der Waals surface area contributed by atoms with Crippen LogP contribution < -0.4 is 19.3 Å². The third-order valence-electron chi connectivity index (χ3n) is 5.75. The molecule has 0 bridgehead atoms. The van der Waals surface area contributed by atoms with Gasteiger partial charge in [-0.3, -0.25) is 0 Å². The van der Waals surface area contributed by atoms with Crippen molar-refractivity contribution in [2.24, 2.45) is 0 Å². The molecule has 0 saturated carbocycles. The summed E-state index contributed by atoms with van der Waals surface area (Å²) >= 11 is 3.37. The van der Waals surface area contributed by atoms with Gasteiger partial charge in [0.15, 0.2) is 11.5 Å². The van der Waals surface area contributed by atoms with Crippen LogP contribution in [0.5, 0.6) is 11.5 Å². The number of aromatic nitrogens is 2. The Bertz CT molecular complexity index is 1160. The number of halogens is 1. The average molecular weight is 485 g/mol. The minimum atomic E-state index is -0.277. The lowest BCUT2D eigenvalue weighted by molar-refractivity contribution is 0.0535. The number of cyclic esters (lactones) is 1. The summed E-state index contributed by atoms with van der Waals surface area (Å²) in [6.07, 6.45) is 3.50. The maximum Gasteiger partial charge on any atom is 0.341 e. The smallest absolute Gasteiger partial charge is 0.341 e. The van der Waals surface area contributed by atoms with E-state index in [9.17, 15) is 4.79 Å². The summed E-state index contributed by atoms with van der Waals surface area (Å²) in [5, 5.41) is 1.94. The molecular formula is C22H21BrN4O4. The number of anilines is 2. The Labute approximate surface area is 187 Å². The molecule has 1 fully saturated rings. The van der Waals surface area contributed by atoms with Crippen LogP contribution >= 0.6 is 15.9 Å². The number of nitrogens with zero attached hydrogens (tertiary/aromatic N) is 4. The van der Waals surface area contributed by atoms with Gasteiger partial charge < -0.3 is 24.0 Å². The van der Waals surface area contributed by atoms with Crippen LogP contribution in [0.15, 0.2) is 35.1 Å². The second kappa shape index (κ2) is 7.88. The second-order valence-electron chi connectivity index (χ2n) is 7.44. The van der Waals surface area contributed by atoms with Gasteiger partial charge in [-0.05, 0) is 39.5 Å². The Kier molecular flexibility index (Phi) is 5.05. The number of fused-ring (bicyclic) bond motifs is 2. The number of hydrogen-bond acceptors (Lipinski definition) is 8. The minimum absolute atomic E-state index is 0.277. The van der Waals surface area contributed by atoms with E-state index in [1.54, 1.807) is 26.6 Å². The molecule has 8 nitrogen and oxygen atoms in total. The number of esters is 1. The van der Waals surface area contributed by atoms with E-state index in [1.165, 1.54) is 0 Å². The van der Waals surface area contributed by atoms with Gasteiger partial charge in [0.25, 0.3) is 0 Å². The summed E-state index contributed by atoms with van der Waals surface area (Å²) in [4.78, 5) is 25.8. The van der Waals surface area contributed by atoms with Gasteiger partial charge in [-0.15, -0.1) is 0 Å². The lowest BCUT2D eigenvalue weighted by Gasteiger charge is -2.37. The molecule has 0 N–H and O–H groups in total. The number of methoxy groups -OCH3 is 2. The highest BCUT2D eigenvalue weighted by Gasteiger charge is 2.32. The van der Waals surface area contributed by atoms with Gasteiger partial charge in [0.05, 0.1) is 29.9 Å². The molecule has 160 valence electrons. The quantitative estimate of drug-likeness (QED) is 0.521. The summed E-state index contributed by atoms with van der Waals surface area (Å²) < 4.78 is 17.2. The Morgan fingerprint density at radius 3 is 2.29 bits per heavy atom. The molecule has 0 amide bonds. The van der Waals surface area contributed by atoms with Crippen LogP contribution in [-0.4, -0.2) is 56.3 Å². The van der Waals surface area contributed by atoms with Crippen molar-refractivity contribution in [3.05, 3.63) is 46.2 Å². The van der Waals surface area contributed by atoms with Crippen LogP contribution in [0.4, 0.5) is 11.6 Å². The summed E-state index contributed by atoms with van der Waals surface area (Å²) in [6, 6.07) is 5.90. The maximum absolute atomic E-state index is 12.6. The Balaban J connectivity index is 1.55. The highest BCUT2D eigenvalue weighted by atomic mass is 79.9. The van der Waals surface area contributed by atoms with Gasteiger partial charge in [-0.25, -0.2) is 14.8 Å². The molecule has 1 aromatic heterocycles. The van der Waals surface area contributed by atoms with E-state index in [2.05, 4.69) is 35.7 Å². The fourth-order valence-electron chi connectivity index (χ4n) is 4.25. The first-order valence-electron chi connectivity index (χ1n) is 9.95. The van der Waals surface area contributed by atoms with Crippen molar-refractivity contribution < 1.29 is 19.0 Å². The highest BCUT2D eigenvalue weighted by Crippen LogP contribution is 2.42. The standard InChI is InChI=1S/C22H21BrN4O4/c1-29-17-8-13-7-14-12-31-21(28)19(14)20(16(13)9-18(17)30-2)26-3-5-27(6-4-26)22-24-10-15(23)11-25-22/h7-11H,3-6,12H2,1-2H3. The Hall–Kier alpha value is -3.07. The number of piperazine rings is 1. The third-order valence-corrected chi connectivity index (χ3v) is 6.16. The number of hydrogen-bond donors (Lipinski definition) is 0. The topological polar surface area (TPSA) is 77.0 Å². The zero-order valence-corrected chi connectivity index (χ0v) is 18.8. The van der Waals surface area contributed by atoms with Crippen LogP contribution in [0.25, 0.3) is 10.8 Å². The largest absolute Gasteiger partial charge is 0.493 e. The number of carbonyl (C=O) groups is 1. The molecule has 3 aromatic rings. The summed E-state index contributed by atoms with van der Waals surface area (Å²) in [6.45, 7) is 3.24. The number of carbonyl (C=O) groups excluding carboxylic acids is 1. The molecule has 3 heterocycles. The van der Waals surface area contributed by atoms with Gasteiger partial charge in [0.1, 0.15) is 6.61 Å². The van der Waals surface area contributed by atoms with Crippen LogP contribution in [0, 0.1) is 0 Å². The summed E-state index contributed by atoms with van der Waals surface area (Å²) in [5.41, 5.74) is 2.44. The normalized spacial score (nSPS) is 15.8. The molecule has 5 rings (SSSR count). The predicted molar refractivity (Wildman–Crippen MR) is 120 cm³/mol. The van der Waals surface area contributed by atoms with E-state index in [0.717, 1.165) is 52.7 Å². The molecule has 2 aliphatic rings. The molecule has 0 spiro atoms. The fourth-order valence-corrected chi connectivity index (χ4v) is 4.45. The molecular weight excluding hydrogens is 464 g/mol. The van der Waals surface area contributed by atoms with E-state index in [1.807, 2.05) is 18.2 Å². The van der Waals surface area contributed by atoms with Crippen molar-refractivity contribution in [1.82, 2.24) is 9.97 Å². The Morgan fingerprint density at radius 1 is 0.968 bits per heavy atom. The van der Waals surface area contributed by atoms with E-state index < -0.39 is 0 Å². The molecule has 0 radical (unpaired) electrons. The van der Waals surface area contributed by atoms with E-state index in [4.69, 9.17) is 14.2 Å². The lowest BCUT2D eigenvalue weighted by atomic mass is 9.97. The molecule has 2 aliphatic heterocycles. The van der Waals surface area contributed by atoms with Crippen molar-refractivity contribution in [3.8, 4) is 11.5 Å². The van der Waals surface area contributed by atoms with Crippen molar-refractivity contribution in [2.75, 3.05) is 50.2 Å². The second-order valence-corrected chi connectivity index (χ2v) is 8.35. The first-order chi connectivity index (χ1) is 15.1. The number of rotatable bonds is 4. The molecule has 0 atom stereocenters. The van der Waals surface area contributed by atoms with Gasteiger partial charge in [0.2, 0.25) is 5.95 Å². The third kappa shape index (κ3) is 3.42. The van der Waals surface area contributed by atoms with Crippen molar-refractivity contribution >= 4 is 44.3 Å². The highest BCUT2D eigenvalue weighted by molar-refractivity contribution is 9.10. The summed E-state index contributed by atoms with van der Waals surface area (Å²) in [7, 11) is 3.23. The Morgan fingerprint density at radius 2 is 1.61 bits per heavy atom. The summed E-state index contributed by atoms with van der Waals surface area (Å²) in [5.74, 6) is 1.71. The molecule has 0 aliphatic carbocycles. The molecule has 9 heteroatoms. The average Bonchev–Trinajstić information content (AvgIpc) is 3.17. The molecule has 0 unspecified atom stereocenters. The van der Waals surface area contributed by atoms with E-state index in [-0.39, 0.29) is 12.6 Å². The van der Waals surface area contributed by atoms with Gasteiger partial charge >= 0.3 is 5.97 Å². The van der Waals surface area contributed by atoms with Crippen LogP contribution in [0.3, 0.4) is 0 Å². The predicted octanol–water partition coefficient (Wildman–Crippen LogP) is 3.41. The number of ether oxygens (including phenoxy) is 3. The molecule has 31 heavy (non-hydrogen) atoms. The van der Waals surface area contributed by atoms with Crippen LogP contribution in [0.1, 0.15) is 15.9 Å². The van der Waals surface area contributed by atoms with Crippen molar-refractivity contribution in [3.63, 3.8) is 0 Å². The van der Waals surface area contributed by atoms with Gasteiger partial charge in [-0.1, -0.05) is 0 Å². The van der Waals surface area contributed by atoms with Gasteiger partial charge in [0, 0.05) is 49.5 Å². The minimum Gasteiger partial charge on any atom is -0.493 e. The maximum atomic E-state index is 12.6. The lowest BCUT2D eigenvalue weighted by Crippen LogP contribution is -2.47. The van der Waals surface area contributed by atoms with Crippen LogP contribution in [0.2, 0.25) is 0 Å². The molecule has 2 aromatic carbocycles. The fraction of sp³-hybridized carbons (Fsp3) is 0.318. The zero-order chi connectivity index (χ0) is 21.5. The first kappa shape index (κ1) is 19.9. The van der Waals surface area contributed by atoms with Crippen molar-refractivity contribution in [2.45, 2.75) is 6.61 Å². The monoisotopic (exact) mass is 484 g/mol. The zero-order valence-electron chi connectivity index (χ0n) is 17.2. The SMILES string of the molecule is COc1cc2cc3c(c(N4CCN(c5ncc(Br)cn5)CC4)c2cc1OC)C(=O)OC3. The van der Waals surface area contributed by atoms with Gasteiger partial charge in [-0.2, -0.15) is 0 Å². The van der Waals surface area contributed by atoms with E-state index in [0.29, 0.717) is 23.0 Å². The molecule has 1 saturated heterocycles. The van der Waals surface area contributed by atoms with E-state index >= 15 is 0 Å². The number of benzene rings is 2. The first-order valence-corrected chi connectivity index (χ1v) is 10.7. The van der Waals surface area contributed by atoms with Crippen molar-refractivity contribution in [1.29, 1.82) is 0 Å².